The van der Waals surface area contributed by atoms with Crippen molar-refractivity contribution < 1.29 is 9.84 Å². The number of rotatable bonds is 4. The van der Waals surface area contributed by atoms with Crippen molar-refractivity contribution in [3.63, 3.8) is 0 Å². The fraction of sp³-hybridized carbons (Fsp3) is 1.00. The first-order valence-corrected chi connectivity index (χ1v) is 8.32. The highest BCUT2D eigenvalue weighted by Crippen LogP contribution is 2.43. The van der Waals surface area contributed by atoms with Crippen LogP contribution in [0.5, 0.6) is 0 Å². The average Bonchev–Trinajstić information content (AvgIpc) is 3.03. The highest BCUT2D eigenvalue weighted by molar-refractivity contribution is 4.93. The number of ether oxygens (including phenoxy) is 1. The standard InChI is InChI=1S/C16H29NO2/c18-14-5-3-13(4-6-14)11-17-12-15-7-10-16(19-15)8-1-2-9-16/h13-15,17-18H,1-12H2. The van der Waals surface area contributed by atoms with Crippen LogP contribution in [0, 0.1) is 5.92 Å². The first kappa shape index (κ1) is 13.8. The summed E-state index contributed by atoms with van der Waals surface area (Å²) in [6.45, 7) is 2.14. The third kappa shape index (κ3) is 3.50. The predicted octanol–water partition coefficient (Wildman–Crippen LogP) is 2.62. The SMILES string of the molecule is OC1CCC(CNCC2CCC3(CCCC3)O2)CC1. The summed E-state index contributed by atoms with van der Waals surface area (Å²) in [4.78, 5) is 0. The van der Waals surface area contributed by atoms with Gasteiger partial charge in [-0.05, 0) is 63.8 Å². The van der Waals surface area contributed by atoms with Crippen molar-refractivity contribution in [2.24, 2.45) is 5.92 Å². The van der Waals surface area contributed by atoms with E-state index in [0.29, 0.717) is 6.10 Å². The molecule has 1 saturated heterocycles. The summed E-state index contributed by atoms with van der Waals surface area (Å²) in [7, 11) is 0. The maximum atomic E-state index is 9.50. The van der Waals surface area contributed by atoms with Gasteiger partial charge in [-0.15, -0.1) is 0 Å². The average molecular weight is 267 g/mol. The minimum Gasteiger partial charge on any atom is -0.393 e. The molecular formula is C16H29NO2. The summed E-state index contributed by atoms with van der Waals surface area (Å²) in [6.07, 6.45) is 12.6. The van der Waals surface area contributed by atoms with Crippen LogP contribution in [0.25, 0.3) is 0 Å². The molecule has 3 fully saturated rings. The highest BCUT2D eigenvalue weighted by Gasteiger charge is 2.41. The molecule has 1 unspecified atom stereocenters. The van der Waals surface area contributed by atoms with E-state index in [9.17, 15) is 5.11 Å². The Bertz CT molecular complexity index is 280. The topological polar surface area (TPSA) is 41.5 Å². The van der Waals surface area contributed by atoms with E-state index < -0.39 is 0 Å². The van der Waals surface area contributed by atoms with Gasteiger partial charge in [0.25, 0.3) is 0 Å². The van der Waals surface area contributed by atoms with E-state index in [-0.39, 0.29) is 11.7 Å². The van der Waals surface area contributed by atoms with Gasteiger partial charge in [0.15, 0.2) is 0 Å². The Morgan fingerprint density at radius 1 is 0.947 bits per heavy atom. The van der Waals surface area contributed by atoms with Gasteiger partial charge in [-0.1, -0.05) is 12.8 Å². The minimum atomic E-state index is -0.0309. The van der Waals surface area contributed by atoms with Gasteiger partial charge in [0.2, 0.25) is 0 Å². The molecule has 0 aromatic rings. The number of hydrogen-bond donors (Lipinski definition) is 2. The Kier molecular flexibility index (Phi) is 4.45. The molecule has 2 saturated carbocycles. The number of nitrogens with one attached hydrogen (secondary N) is 1. The molecule has 3 nitrogen and oxygen atoms in total. The monoisotopic (exact) mass is 267 g/mol. The van der Waals surface area contributed by atoms with E-state index in [4.69, 9.17) is 4.74 Å². The Hall–Kier alpha value is -0.120. The van der Waals surface area contributed by atoms with Crippen LogP contribution in [0.2, 0.25) is 0 Å². The molecule has 1 aliphatic heterocycles. The van der Waals surface area contributed by atoms with Gasteiger partial charge in [-0.2, -0.15) is 0 Å². The van der Waals surface area contributed by atoms with Gasteiger partial charge in [0, 0.05) is 6.54 Å². The molecule has 1 atom stereocenters. The first-order valence-electron chi connectivity index (χ1n) is 8.32. The molecule has 0 amide bonds. The molecule has 1 heterocycles. The zero-order valence-corrected chi connectivity index (χ0v) is 12.1. The molecule has 0 bridgehead atoms. The Balaban J connectivity index is 1.33. The third-order valence-electron chi connectivity index (χ3n) is 5.47. The lowest BCUT2D eigenvalue weighted by Gasteiger charge is -2.27. The Morgan fingerprint density at radius 2 is 1.68 bits per heavy atom. The van der Waals surface area contributed by atoms with Gasteiger partial charge in [0.1, 0.15) is 0 Å². The van der Waals surface area contributed by atoms with Crippen LogP contribution in [-0.4, -0.2) is 36.0 Å². The van der Waals surface area contributed by atoms with Gasteiger partial charge in [-0.3, -0.25) is 0 Å². The van der Waals surface area contributed by atoms with Crippen LogP contribution >= 0.6 is 0 Å². The summed E-state index contributed by atoms with van der Waals surface area (Å²) in [5.41, 5.74) is 0.279. The zero-order valence-electron chi connectivity index (χ0n) is 12.1. The van der Waals surface area contributed by atoms with E-state index in [2.05, 4.69) is 5.32 Å². The van der Waals surface area contributed by atoms with Crippen LogP contribution in [-0.2, 0) is 4.74 Å². The predicted molar refractivity (Wildman–Crippen MR) is 76.1 cm³/mol. The normalized spacial score (nSPS) is 38.1. The molecule has 0 aromatic heterocycles. The zero-order chi connectivity index (χ0) is 13.1. The van der Waals surface area contributed by atoms with E-state index >= 15 is 0 Å². The van der Waals surface area contributed by atoms with Gasteiger partial charge in [-0.25, -0.2) is 0 Å². The summed E-state index contributed by atoms with van der Waals surface area (Å²) < 4.78 is 6.31. The summed E-state index contributed by atoms with van der Waals surface area (Å²) >= 11 is 0. The second-order valence-corrected chi connectivity index (χ2v) is 7.00. The largest absolute Gasteiger partial charge is 0.393 e. The van der Waals surface area contributed by atoms with Crippen LogP contribution in [0.3, 0.4) is 0 Å². The lowest BCUT2D eigenvalue weighted by atomic mass is 9.87. The van der Waals surface area contributed by atoms with Crippen molar-refractivity contribution in [3.05, 3.63) is 0 Å². The van der Waals surface area contributed by atoms with E-state index in [1.54, 1.807) is 0 Å². The molecule has 0 aromatic carbocycles. The van der Waals surface area contributed by atoms with Crippen molar-refractivity contribution >= 4 is 0 Å². The third-order valence-corrected chi connectivity index (χ3v) is 5.47. The molecule has 3 rings (SSSR count). The minimum absolute atomic E-state index is 0.0309. The number of hydrogen-bond acceptors (Lipinski definition) is 3. The molecule has 2 N–H and O–H groups in total. The van der Waals surface area contributed by atoms with Crippen molar-refractivity contribution in [3.8, 4) is 0 Å². The summed E-state index contributed by atoms with van der Waals surface area (Å²) in [5, 5.41) is 13.1. The van der Waals surface area contributed by atoms with Crippen molar-refractivity contribution in [1.29, 1.82) is 0 Å². The second-order valence-electron chi connectivity index (χ2n) is 7.00. The Labute approximate surface area is 117 Å². The molecule has 3 heteroatoms. The fourth-order valence-corrected chi connectivity index (χ4v) is 4.22. The molecule has 1 spiro atoms. The quantitative estimate of drug-likeness (QED) is 0.823. The lowest BCUT2D eigenvalue weighted by Crippen LogP contribution is -2.34. The van der Waals surface area contributed by atoms with Crippen molar-refractivity contribution in [2.45, 2.75) is 82.0 Å². The summed E-state index contributed by atoms with van der Waals surface area (Å²) in [5.74, 6) is 0.769. The van der Waals surface area contributed by atoms with E-state index in [1.807, 2.05) is 0 Å². The number of aliphatic hydroxyl groups excluding tert-OH is 1. The van der Waals surface area contributed by atoms with E-state index in [1.165, 1.54) is 51.4 Å². The van der Waals surface area contributed by atoms with Crippen molar-refractivity contribution in [2.75, 3.05) is 13.1 Å². The molecule has 0 radical (unpaired) electrons. The maximum Gasteiger partial charge on any atom is 0.0708 e. The van der Waals surface area contributed by atoms with Gasteiger partial charge >= 0.3 is 0 Å². The number of aliphatic hydroxyl groups is 1. The summed E-state index contributed by atoms with van der Waals surface area (Å²) in [6, 6.07) is 0. The van der Waals surface area contributed by atoms with Gasteiger partial charge < -0.3 is 15.2 Å². The fourth-order valence-electron chi connectivity index (χ4n) is 4.22. The van der Waals surface area contributed by atoms with Crippen LogP contribution in [0.1, 0.15) is 64.2 Å². The van der Waals surface area contributed by atoms with Crippen LogP contribution in [0.4, 0.5) is 0 Å². The smallest absolute Gasteiger partial charge is 0.0708 e. The Morgan fingerprint density at radius 3 is 2.42 bits per heavy atom. The van der Waals surface area contributed by atoms with Crippen LogP contribution in [0.15, 0.2) is 0 Å². The second kappa shape index (κ2) is 6.11. The lowest BCUT2D eigenvalue weighted by molar-refractivity contribution is -0.0354. The molecule has 110 valence electrons. The molecular weight excluding hydrogens is 238 g/mol. The van der Waals surface area contributed by atoms with Gasteiger partial charge in [0.05, 0.1) is 17.8 Å². The molecule has 3 aliphatic rings. The molecule has 2 aliphatic carbocycles. The van der Waals surface area contributed by atoms with Crippen molar-refractivity contribution in [1.82, 2.24) is 5.32 Å². The van der Waals surface area contributed by atoms with Crippen LogP contribution < -0.4 is 5.32 Å². The maximum absolute atomic E-state index is 9.50. The molecule has 19 heavy (non-hydrogen) atoms. The first-order chi connectivity index (χ1) is 9.26. The highest BCUT2D eigenvalue weighted by atomic mass is 16.5. The van der Waals surface area contributed by atoms with E-state index in [0.717, 1.165) is 31.8 Å².